The van der Waals surface area contributed by atoms with Crippen LogP contribution in [0.25, 0.3) is 0 Å². The number of carbonyl (C=O) groups excluding carboxylic acids is 2. The molecule has 130 valence electrons. The monoisotopic (exact) mass is 333 g/mol. The molecule has 24 heavy (non-hydrogen) atoms. The second-order valence-electron chi connectivity index (χ2n) is 6.11. The van der Waals surface area contributed by atoms with Crippen molar-refractivity contribution < 1.29 is 19.5 Å². The van der Waals surface area contributed by atoms with Crippen LogP contribution >= 0.6 is 0 Å². The second kappa shape index (κ2) is 7.81. The Morgan fingerprint density at radius 2 is 1.96 bits per heavy atom. The lowest BCUT2D eigenvalue weighted by Gasteiger charge is -2.29. The van der Waals surface area contributed by atoms with Crippen LogP contribution in [-0.2, 0) is 22.6 Å². The van der Waals surface area contributed by atoms with Gasteiger partial charge in [0, 0.05) is 26.7 Å². The van der Waals surface area contributed by atoms with Gasteiger partial charge in [-0.05, 0) is 17.5 Å². The summed E-state index contributed by atoms with van der Waals surface area (Å²) in [6.45, 7) is 2.72. The first-order chi connectivity index (χ1) is 11.4. The van der Waals surface area contributed by atoms with Crippen molar-refractivity contribution in [2.45, 2.75) is 19.9 Å². The number of carboxylic acids is 1. The zero-order chi connectivity index (χ0) is 17.7. The molecule has 3 amide bonds. The molecule has 0 bridgehead atoms. The van der Waals surface area contributed by atoms with Gasteiger partial charge in [-0.3, -0.25) is 9.59 Å². The van der Waals surface area contributed by atoms with Crippen LogP contribution in [0.1, 0.15) is 18.1 Å². The van der Waals surface area contributed by atoms with Crippen molar-refractivity contribution in [3.8, 4) is 0 Å². The smallest absolute Gasteiger partial charge is 0.317 e. The minimum absolute atomic E-state index is 0.0897. The van der Waals surface area contributed by atoms with E-state index in [1.165, 1.54) is 24.4 Å². The fourth-order valence-electron chi connectivity index (χ4n) is 2.68. The van der Waals surface area contributed by atoms with Gasteiger partial charge in [-0.25, -0.2) is 4.79 Å². The SMILES string of the molecule is CC(CN(C)C(=O)NCC(=O)N1CCc2ccccc2C1)C(=O)O. The lowest BCUT2D eigenvalue weighted by molar-refractivity contribution is -0.141. The molecule has 1 aliphatic rings. The fourth-order valence-corrected chi connectivity index (χ4v) is 2.68. The lowest BCUT2D eigenvalue weighted by atomic mass is 10.00. The number of nitrogens with one attached hydrogen (secondary N) is 1. The highest BCUT2D eigenvalue weighted by atomic mass is 16.4. The summed E-state index contributed by atoms with van der Waals surface area (Å²) in [4.78, 5) is 38.0. The summed E-state index contributed by atoms with van der Waals surface area (Å²) >= 11 is 0. The molecular formula is C17H23N3O4. The van der Waals surface area contributed by atoms with E-state index < -0.39 is 17.9 Å². The average molecular weight is 333 g/mol. The first kappa shape index (κ1) is 17.8. The van der Waals surface area contributed by atoms with Gasteiger partial charge in [0.25, 0.3) is 0 Å². The van der Waals surface area contributed by atoms with Crippen molar-refractivity contribution in [1.29, 1.82) is 0 Å². The Morgan fingerprint density at radius 1 is 1.29 bits per heavy atom. The molecule has 2 rings (SSSR count). The molecule has 1 aliphatic heterocycles. The molecule has 1 aromatic carbocycles. The maximum atomic E-state index is 12.3. The van der Waals surface area contributed by atoms with Crippen LogP contribution < -0.4 is 5.32 Å². The Balaban J connectivity index is 1.81. The number of urea groups is 1. The number of hydrogen-bond acceptors (Lipinski definition) is 3. The van der Waals surface area contributed by atoms with Crippen molar-refractivity contribution in [1.82, 2.24) is 15.1 Å². The molecule has 1 heterocycles. The van der Waals surface area contributed by atoms with E-state index in [1.807, 2.05) is 18.2 Å². The van der Waals surface area contributed by atoms with E-state index in [0.29, 0.717) is 13.1 Å². The van der Waals surface area contributed by atoms with Gasteiger partial charge in [0.05, 0.1) is 12.5 Å². The summed E-state index contributed by atoms with van der Waals surface area (Å²) in [5.41, 5.74) is 2.39. The zero-order valence-corrected chi connectivity index (χ0v) is 14.0. The maximum Gasteiger partial charge on any atom is 0.317 e. The second-order valence-corrected chi connectivity index (χ2v) is 6.11. The van der Waals surface area contributed by atoms with Gasteiger partial charge < -0.3 is 20.2 Å². The minimum atomic E-state index is -0.960. The largest absolute Gasteiger partial charge is 0.481 e. The number of hydrogen-bond donors (Lipinski definition) is 2. The molecule has 0 aliphatic carbocycles. The number of nitrogens with zero attached hydrogens (tertiary/aromatic N) is 2. The molecule has 0 saturated heterocycles. The van der Waals surface area contributed by atoms with Gasteiger partial charge in [0.15, 0.2) is 0 Å². The highest BCUT2D eigenvalue weighted by Gasteiger charge is 2.22. The van der Waals surface area contributed by atoms with Crippen molar-refractivity contribution in [2.24, 2.45) is 5.92 Å². The highest BCUT2D eigenvalue weighted by molar-refractivity contribution is 5.84. The number of fused-ring (bicyclic) bond motifs is 1. The van der Waals surface area contributed by atoms with E-state index >= 15 is 0 Å². The molecule has 0 radical (unpaired) electrons. The molecule has 0 saturated carbocycles. The van der Waals surface area contributed by atoms with Crippen molar-refractivity contribution in [2.75, 3.05) is 26.7 Å². The van der Waals surface area contributed by atoms with E-state index in [-0.39, 0.29) is 19.0 Å². The number of carboxylic acid groups (broad SMARTS) is 1. The van der Waals surface area contributed by atoms with E-state index in [2.05, 4.69) is 11.4 Å². The van der Waals surface area contributed by atoms with Gasteiger partial charge in [0.2, 0.25) is 5.91 Å². The Hall–Kier alpha value is -2.57. The molecule has 7 nitrogen and oxygen atoms in total. The number of benzene rings is 1. The van der Waals surface area contributed by atoms with Crippen LogP contribution in [-0.4, -0.2) is 59.5 Å². The van der Waals surface area contributed by atoms with Crippen molar-refractivity contribution in [3.63, 3.8) is 0 Å². The standard InChI is InChI=1S/C17H23N3O4/c1-12(16(22)23)10-19(2)17(24)18-9-15(21)20-8-7-13-5-3-4-6-14(13)11-20/h3-6,12H,7-11H2,1-2H3,(H,18,24)(H,22,23). The van der Waals surface area contributed by atoms with E-state index in [4.69, 9.17) is 5.11 Å². The summed E-state index contributed by atoms with van der Waals surface area (Å²) in [6.07, 6.45) is 0.811. The quantitative estimate of drug-likeness (QED) is 0.839. The van der Waals surface area contributed by atoms with Crippen LogP contribution in [0.5, 0.6) is 0 Å². The first-order valence-electron chi connectivity index (χ1n) is 7.94. The van der Waals surface area contributed by atoms with Gasteiger partial charge in [-0.2, -0.15) is 0 Å². The number of aliphatic carboxylic acids is 1. The molecule has 1 unspecified atom stereocenters. The third-order valence-electron chi connectivity index (χ3n) is 4.19. The van der Waals surface area contributed by atoms with Gasteiger partial charge in [-0.15, -0.1) is 0 Å². The zero-order valence-electron chi connectivity index (χ0n) is 14.0. The van der Waals surface area contributed by atoms with Crippen LogP contribution in [0.15, 0.2) is 24.3 Å². The molecule has 0 fully saturated rings. The topological polar surface area (TPSA) is 90.0 Å². The summed E-state index contributed by atoms with van der Waals surface area (Å²) < 4.78 is 0. The Bertz CT molecular complexity index is 632. The van der Waals surface area contributed by atoms with Gasteiger partial charge in [0.1, 0.15) is 0 Å². The van der Waals surface area contributed by atoms with Crippen LogP contribution in [0, 0.1) is 5.92 Å². The maximum absolute atomic E-state index is 12.3. The van der Waals surface area contributed by atoms with Gasteiger partial charge >= 0.3 is 12.0 Å². The first-order valence-corrected chi connectivity index (χ1v) is 7.94. The number of amides is 3. The molecule has 1 aromatic rings. The average Bonchev–Trinajstić information content (AvgIpc) is 2.58. The third-order valence-corrected chi connectivity index (χ3v) is 4.19. The molecule has 2 N–H and O–H groups in total. The fraction of sp³-hybridized carbons (Fsp3) is 0.471. The summed E-state index contributed by atoms with van der Waals surface area (Å²) in [5.74, 6) is -1.76. The van der Waals surface area contributed by atoms with E-state index in [1.54, 1.807) is 4.90 Å². The molecular weight excluding hydrogens is 310 g/mol. The lowest BCUT2D eigenvalue weighted by Crippen LogP contribution is -2.46. The summed E-state index contributed by atoms with van der Waals surface area (Å²) in [6, 6.07) is 7.57. The van der Waals surface area contributed by atoms with Crippen LogP contribution in [0.2, 0.25) is 0 Å². The third kappa shape index (κ3) is 4.47. The molecule has 1 atom stereocenters. The van der Waals surface area contributed by atoms with Crippen LogP contribution in [0.4, 0.5) is 4.79 Å². The van der Waals surface area contributed by atoms with E-state index in [9.17, 15) is 14.4 Å². The number of rotatable bonds is 5. The summed E-state index contributed by atoms with van der Waals surface area (Å²) in [5, 5.41) is 11.4. The molecule has 0 spiro atoms. The Labute approximate surface area is 141 Å². The number of carbonyl (C=O) groups is 3. The minimum Gasteiger partial charge on any atom is -0.481 e. The molecule has 0 aromatic heterocycles. The molecule has 7 heteroatoms. The Kier molecular flexibility index (Phi) is 5.78. The summed E-state index contributed by atoms with van der Waals surface area (Å²) in [7, 11) is 1.51. The Morgan fingerprint density at radius 3 is 2.62 bits per heavy atom. The van der Waals surface area contributed by atoms with Crippen LogP contribution in [0.3, 0.4) is 0 Å². The predicted octanol–water partition coefficient (Wildman–Crippen LogP) is 0.933. The highest BCUT2D eigenvalue weighted by Crippen LogP contribution is 2.18. The van der Waals surface area contributed by atoms with Crippen molar-refractivity contribution in [3.05, 3.63) is 35.4 Å². The predicted molar refractivity (Wildman–Crippen MR) is 88.4 cm³/mol. The van der Waals surface area contributed by atoms with Gasteiger partial charge in [-0.1, -0.05) is 31.2 Å². The van der Waals surface area contributed by atoms with Crippen molar-refractivity contribution >= 4 is 17.9 Å². The normalized spacial score (nSPS) is 14.5. The van der Waals surface area contributed by atoms with E-state index in [0.717, 1.165) is 12.0 Å².